The minimum atomic E-state index is -4.50. The maximum atomic E-state index is 13.3. The molecule has 3 heterocycles. The van der Waals surface area contributed by atoms with Crippen molar-refractivity contribution in [2.75, 3.05) is 17.2 Å². The normalized spacial score (nSPS) is 16.7. The van der Waals surface area contributed by atoms with E-state index in [-0.39, 0.29) is 17.8 Å². The molecular weight excluding hydrogens is 407 g/mol. The van der Waals surface area contributed by atoms with Gasteiger partial charge in [-0.3, -0.25) is 4.90 Å². The molecule has 2 aliphatic rings. The van der Waals surface area contributed by atoms with E-state index in [1.807, 2.05) is 18.3 Å². The molecule has 3 aromatic rings. The van der Waals surface area contributed by atoms with E-state index in [9.17, 15) is 13.2 Å². The summed E-state index contributed by atoms with van der Waals surface area (Å²) in [6.45, 7) is 2.53. The Morgan fingerprint density at radius 2 is 2.03 bits per heavy atom. The number of alkyl halides is 3. The van der Waals surface area contributed by atoms with E-state index in [4.69, 9.17) is 0 Å². The van der Waals surface area contributed by atoms with Gasteiger partial charge in [-0.15, -0.1) is 0 Å². The van der Waals surface area contributed by atoms with E-state index in [1.165, 1.54) is 11.1 Å². The molecule has 0 radical (unpaired) electrons. The summed E-state index contributed by atoms with van der Waals surface area (Å²) >= 11 is 0. The van der Waals surface area contributed by atoms with E-state index in [2.05, 4.69) is 41.5 Å². The van der Waals surface area contributed by atoms with Crippen molar-refractivity contribution in [2.45, 2.75) is 44.6 Å². The molecule has 1 aromatic carbocycles. The van der Waals surface area contributed by atoms with E-state index >= 15 is 0 Å². The highest BCUT2D eigenvalue weighted by Crippen LogP contribution is 2.36. The molecule has 1 aliphatic heterocycles. The Morgan fingerprint density at radius 3 is 2.77 bits per heavy atom. The summed E-state index contributed by atoms with van der Waals surface area (Å²) in [5, 5.41) is 5.93. The molecule has 0 bridgehead atoms. The summed E-state index contributed by atoms with van der Waals surface area (Å²) in [7, 11) is 0. The van der Waals surface area contributed by atoms with Crippen LogP contribution < -0.4 is 10.6 Å². The first-order chi connectivity index (χ1) is 14.9. The monoisotopic (exact) mass is 429 g/mol. The fourth-order valence-electron chi connectivity index (χ4n) is 3.75. The van der Waals surface area contributed by atoms with Crippen LogP contribution in [0.2, 0.25) is 0 Å². The van der Waals surface area contributed by atoms with Crippen molar-refractivity contribution in [3.05, 3.63) is 59.3 Å². The Hall–Kier alpha value is -3.14. The third-order valence-corrected chi connectivity index (χ3v) is 5.51. The molecule has 0 saturated heterocycles. The van der Waals surface area contributed by atoms with Gasteiger partial charge in [0, 0.05) is 49.5 Å². The fraction of sp³-hybridized carbons (Fsp3) is 0.381. The van der Waals surface area contributed by atoms with Crippen molar-refractivity contribution in [3.8, 4) is 0 Å². The van der Waals surface area contributed by atoms with Crippen LogP contribution >= 0.6 is 0 Å². The molecule has 162 valence electrons. The van der Waals surface area contributed by atoms with Gasteiger partial charge in [0.1, 0.15) is 11.4 Å². The van der Waals surface area contributed by atoms with Crippen LogP contribution in [0.15, 0.2) is 36.9 Å². The zero-order valence-electron chi connectivity index (χ0n) is 16.7. The second-order valence-corrected chi connectivity index (χ2v) is 8.02. The van der Waals surface area contributed by atoms with E-state index < -0.39 is 11.7 Å². The van der Waals surface area contributed by atoms with Crippen LogP contribution in [0.4, 0.5) is 30.6 Å². The van der Waals surface area contributed by atoms with Gasteiger partial charge in [0.2, 0.25) is 5.95 Å². The van der Waals surface area contributed by atoms with Crippen molar-refractivity contribution in [3.63, 3.8) is 0 Å². The molecule has 1 fully saturated rings. The van der Waals surface area contributed by atoms with E-state index in [0.717, 1.165) is 56.5 Å². The van der Waals surface area contributed by atoms with Gasteiger partial charge in [0.15, 0.2) is 0 Å². The lowest BCUT2D eigenvalue weighted by Crippen LogP contribution is -2.30. The van der Waals surface area contributed by atoms with Crippen LogP contribution in [0.5, 0.6) is 0 Å². The number of fused-ring (bicyclic) bond motifs is 1. The molecule has 1 aliphatic carbocycles. The number of halogens is 3. The van der Waals surface area contributed by atoms with Gasteiger partial charge in [-0.2, -0.15) is 18.2 Å². The van der Waals surface area contributed by atoms with Gasteiger partial charge >= 0.3 is 6.18 Å². The maximum absolute atomic E-state index is 13.3. The lowest BCUT2D eigenvalue weighted by molar-refractivity contribution is -0.137. The molecular formula is C21H22F3N7. The number of imidazole rings is 1. The minimum absolute atomic E-state index is 0.0495. The minimum Gasteiger partial charge on any atom is -0.367 e. The highest BCUT2D eigenvalue weighted by Gasteiger charge is 2.36. The molecule has 0 amide bonds. The van der Waals surface area contributed by atoms with Gasteiger partial charge in [0.05, 0.1) is 6.33 Å². The highest BCUT2D eigenvalue weighted by molar-refractivity contribution is 5.59. The van der Waals surface area contributed by atoms with Gasteiger partial charge in [-0.05, 0) is 42.5 Å². The Bertz CT molecular complexity index is 1060. The number of nitrogens with zero attached hydrogens (tertiary/aromatic N) is 4. The molecule has 5 rings (SSSR count). The average Bonchev–Trinajstić information content (AvgIpc) is 3.39. The lowest BCUT2D eigenvalue weighted by atomic mass is 9.99. The van der Waals surface area contributed by atoms with Crippen LogP contribution in [0.25, 0.3) is 0 Å². The van der Waals surface area contributed by atoms with Gasteiger partial charge in [-0.25, -0.2) is 9.97 Å². The van der Waals surface area contributed by atoms with Gasteiger partial charge < -0.3 is 15.6 Å². The van der Waals surface area contributed by atoms with Gasteiger partial charge in [-0.1, -0.05) is 6.07 Å². The molecule has 0 unspecified atom stereocenters. The maximum Gasteiger partial charge on any atom is 0.421 e. The number of hydrogen-bond acceptors (Lipinski definition) is 6. The van der Waals surface area contributed by atoms with Crippen molar-refractivity contribution >= 4 is 17.5 Å². The van der Waals surface area contributed by atoms with Crippen molar-refractivity contribution in [1.82, 2.24) is 24.8 Å². The lowest BCUT2D eigenvalue weighted by Gasteiger charge is -2.28. The van der Waals surface area contributed by atoms with E-state index in [1.54, 1.807) is 6.33 Å². The summed E-state index contributed by atoms with van der Waals surface area (Å²) < 4.78 is 39.9. The molecule has 0 spiro atoms. The largest absolute Gasteiger partial charge is 0.421 e. The second kappa shape index (κ2) is 7.84. The number of rotatable bonds is 6. The first-order valence-corrected chi connectivity index (χ1v) is 10.2. The topological polar surface area (TPSA) is 81.8 Å². The van der Waals surface area contributed by atoms with Crippen LogP contribution in [0, 0.1) is 0 Å². The molecule has 3 N–H and O–H groups in total. The quantitative estimate of drug-likeness (QED) is 0.548. The number of nitrogens with one attached hydrogen (secondary N) is 3. The molecule has 2 aromatic heterocycles. The molecule has 10 heteroatoms. The third-order valence-electron chi connectivity index (χ3n) is 5.51. The third kappa shape index (κ3) is 4.63. The van der Waals surface area contributed by atoms with Crippen molar-refractivity contribution < 1.29 is 13.2 Å². The summed E-state index contributed by atoms with van der Waals surface area (Å²) in [5.74, 6) is -0.0302. The van der Waals surface area contributed by atoms with Crippen LogP contribution in [0.3, 0.4) is 0 Å². The standard InChI is InChI=1S/C21H22F3N7/c22-21(23,24)18-9-26-20(30-19(18)28-15-3-4-15)29-16-2-1-13-5-6-31(10-14(13)7-16)11-17-8-25-12-27-17/h1-2,7-9,12,15H,3-6,10-11H2,(H,25,27)(H2,26,28,29,30). The van der Waals surface area contributed by atoms with Crippen LogP contribution in [-0.2, 0) is 25.7 Å². The first-order valence-electron chi connectivity index (χ1n) is 10.2. The predicted molar refractivity (Wildman–Crippen MR) is 110 cm³/mol. The molecule has 31 heavy (non-hydrogen) atoms. The Morgan fingerprint density at radius 1 is 1.16 bits per heavy atom. The second-order valence-electron chi connectivity index (χ2n) is 8.02. The van der Waals surface area contributed by atoms with Crippen LogP contribution in [-0.4, -0.2) is 37.4 Å². The highest BCUT2D eigenvalue weighted by atomic mass is 19.4. The SMILES string of the molecule is FC(F)(F)c1cnc(Nc2ccc3c(c2)CN(Cc2cnc[nH]2)CC3)nc1NC1CC1. The van der Waals surface area contributed by atoms with E-state index in [0.29, 0.717) is 0 Å². The Balaban J connectivity index is 1.33. The Labute approximate surface area is 177 Å². The number of benzene rings is 1. The molecule has 0 atom stereocenters. The summed E-state index contributed by atoms with van der Waals surface area (Å²) in [4.78, 5) is 17.5. The van der Waals surface area contributed by atoms with Crippen molar-refractivity contribution in [1.29, 1.82) is 0 Å². The predicted octanol–water partition coefficient (Wildman–Crippen LogP) is 4.09. The van der Waals surface area contributed by atoms with Crippen LogP contribution in [0.1, 0.15) is 35.2 Å². The number of anilines is 3. The smallest absolute Gasteiger partial charge is 0.367 e. The number of aromatic amines is 1. The molecule has 1 saturated carbocycles. The number of aromatic nitrogens is 4. The van der Waals surface area contributed by atoms with Crippen molar-refractivity contribution in [2.24, 2.45) is 0 Å². The zero-order valence-corrected chi connectivity index (χ0v) is 16.7. The fourth-order valence-corrected chi connectivity index (χ4v) is 3.75. The number of H-pyrrole nitrogens is 1. The summed E-state index contributed by atoms with van der Waals surface area (Å²) in [5.41, 5.74) is 3.42. The zero-order chi connectivity index (χ0) is 21.4. The van der Waals surface area contributed by atoms with Gasteiger partial charge in [0.25, 0.3) is 0 Å². The molecule has 7 nitrogen and oxygen atoms in total. The summed E-state index contributed by atoms with van der Waals surface area (Å²) in [6.07, 6.45) is 2.47. The number of hydrogen-bond donors (Lipinski definition) is 3. The summed E-state index contributed by atoms with van der Waals surface area (Å²) in [6, 6.07) is 6.04. The first kappa shape index (κ1) is 19.8. The average molecular weight is 429 g/mol. The Kier molecular flexibility index (Phi) is 5.01.